The van der Waals surface area contributed by atoms with Crippen LogP contribution in [0, 0.1) is 0 Å². The first-order chi connectivity index (χ1) is 12.1. The number of carbonyl (C=O) groups is 2. The lowest BCUT2D eigenvalue weighted by Gasteiger charge is -2.18. The largest absolute Gasteiger partial charge is 0.487 e. The summed E-state index contributed by atoms with van der Waals surface area (Å²) >= 11 is 5.53. The summed E-state index contributed by atoms with van der Waals surface area (Å²) < 4.78 is 17.8. The van der Waals surface area contributed by atoms with E-state index in [1.165, 1.54) is 7.11 Å². The van der Waals surface area contributed by atoms with Crippen molar-refractivity contribution in [3.8, 4) is 5.88 Å². The van der Waals surface area contributed by atoms with Crippen molar-refractivity contribution in [2.45, 2.75) is 6.92 Å². The van der Waals surface area contributed by atoms with E-state index in [0.29, 0.717) is 41.7 Å². The average Bonchev–Trinajstić information content (AvgIpc) is 3.18. The maximum atomic E-state index is 12.8. The van der Waals surface area contributed by atoms with E-state index in [1.54, 1.807) is 17.4 Å². The third-order valence-electron chi connectivity index (χ3n) is 4.28. The predicted molar refractivity (Wildman–Crippen MR) is 90.5 cm³/mol. The molecule has 1 aliphatic rings. The average molecular weight is 363 g/mol. The van der Waals surface area contributed by atoms with Gasteiger partial charge in [0, 0.05) is 11.5 Å². The SMILES string of the molecule is COc1c2nc2c2cc3c(n12)C(=O)C(C)=C(OCCOCCCl)C3=O. The number of carbonyl (C=O) groups excluding carboxylic acids is 2. The van der Waals surface area contributed by atoms with Crippen LogP contribution in [0.15, 0.2) is 17.4 Å². The van der Waals surface area contributed by atoms with Gasteiger partial charge in [-0.15, -0.1) is 11.6 Å². The summed E-state index contributed by atoms with van der Waals surface area (Å²) in [5, 5.41) is 0. The Morgan fingerprint density at radius 3 is 2.68 bits per heavy atom. The summed E-state index contributed by atoms with van der Waals surface area (Å²) in [6.45, 7) is 2.46. The summed E-state index contributed by atoms with van der Waals surface area (Å²) in [6, 6.07) is 1.67. The van der Waals surface area contributed by atoms with Gasteiger partial charge in [-0.2, -0.15) is 0 Å². The minimum Gasteiger partial charge on any atom is -0.487 e. The van der Waals surface area contributed by atoms with Gasteiger partial charge in [-0.3, -0.25) is 14.0 Å². The van der Waals surface area contributed by atoms with Crippen molar-refractivity contribution in [3.63, 3.8) is 0 Å². The molecule has 0 unspecified atom stereocenters. The molecule has 0 amide bonds. The van der Waals surface area contributed by atoms with Gasteiger partial charge >= 0.3 is 0 Å². The Morgan fingerprint density at radius 2 is 1.96 bits per heavy atom. The maximum Gasteiger partial charge on any atom is 0.230 e. The van der Waals surface area contributed by atoms with Crippen molar-refractivity contribution in [1.82, 2.24) is 9.38 Å². The van der Waals surface area contributed by atoms with E-state index >= 15 is 0 Å². The lowest BCUT2D eigenvalue weighted by molar-refractivity contribution is 0.0684. The lowest BCUT2D eigenvalue weighted by atomic mass is 9.94. The molecule has 8 heteroatoms. The topological polar surface area (TPSA) is 79.1 Å². The Morgan fingerprint density at radius 1 is 1.16 bits per heavy atom. The molecule has 0 bridgehead atoms. The number of hydrogen-bond donors (Lipinski definition) is 0. The molecule has 0 N–H and O–H groups in total. The highest BCUT2D eigenvalue weighted by Crippen LogP contribution is 2.41. The highest BCUT2D eigenvalue weighted by atomic mass is 35.5. The normalized spacial score (nSPS) is 15.0. The van der Waals surface area contributed by atoms with Crippen LogP contribution in [0.5, 0.6) is 5.88 Å². The van der Waals surface area contributed by atoms with Crippen LogP contribution in [0.25, 0.3) is 16.6 Å². The van der Waals surface area contributed by atoms with Gasteiger partial charge in [-0.25, -0.2) is 4.98 Å². The van der Waals surface area contributed by atoms with E-state index in [2.05, 4.69) is 4.98 Å². The first kappa shape index (κ1) is 16.1. The van der Waals surface area contributed by atoms with Crippen molar-refractivity contribution in [2.24, 2.45) is 0 Å². The molecule has 130 valence electrons. The van der Waals surface area contributed by atoms with E-state index < -0.39 is 0 Å². The van der Waals surface area contributed by atoms with Gasteiger partial charge in [0.25, 0.3) is 0 Å². The van der Waals surface area contributed by atoms with Gasteiger partial charge in [-0.1, -0.05) is 0 Å². The predicted octanol–water partition coefficient (Wildman–Crippen LogP) is 2.30. The number of ketones is 2. The van der Waals surface area contributed by atoms with Gasteiger partial charge in [0.2, 0.25) is 17.4 Å². The monoisotopic (exact) mass is 362 g/mol. The number of nitrogens with zero attached hydrogens (tertiary/aromatic N) is 2. The molecule has 3 aromatic rings. The molecule has 0 aliphatic heterocycles. The third-order valence-corrected chi connectivity index (χ3v) is 4.44. The maximum absolute atomic E-state index is 12.8. The highest BCUT2D eigenvalue weighted by Gasteiger charge is 2.38. The van der Waals surface area contributed by atoms with Gasteiger partial charge in [0.05, 0.1) is 31.4 Å². The fourth-order valence-electron chi connectivity index (χ4n) is 3.10. The van der Waals surface area contributed by atoms with Gasteiger partial charge in [-0.05, 0) is 13.0 Å². The molecular weight excluding hydrogens is 348 g/mol. The zero-order valence-corrected chi connectivity index (χ0v) is 14.5. The fraction of sp³-hybridized carbons (Fsp3) is 0.353. The van der Waals surface area contributed by atoms with Crippen LogP contribution >= 0.6 is 11.6 Å². The zero-order chi connectivity index (χ0) is 17.7. The number of allylic oxidation sites excluding steroid dienone is 2. The molecule has 0 spiro atoms. The van der Waals surface area contributed by atoms with E-state index in [1.807, 2.05) is 0 Å². The minimum atomic E-state index is -0.315. The van der Waals surface area contributed by atoms with Gasteiger partial charge in [0.15, 0.2) is 11.3 Å². The second-order valence-corrected chi connectivity index (χ2v) is 6.09. The lowest BCUT2D eigenvalue weighted by Crippen LogP contribution is -2.24. The van der Waals surface area contributed by atoms with Crippen LogP contribution in [0.2, 0.25) is 0 Å². The quantitative estimate of drug-likeness (QED) is 0.474. The Kier molecular flexibility index (Phi) is 3.77. The van der Waals surface area contributed by atoms with Crippen LogP contribution in [-0.2, 0) is 9.47 Å². The van der Waals surface area contributed by atoms with E-state index in [9.17, 15) is 9.59 Å². The molecule has 0 saturated heterocycles. The first-order valence-corrected chi connectivity index (χ1v) is 8.34. The molecule has 3 aromatic heterocycles. The van der Waals surface area contributed by atoms with Crippen LogP contribution in [0.3, 0.4) is 0 Å². The Balaban J connectivity index is 1.68. The summed E-state index contributed by atoms with van der Waals surface area (Å²) in [6.07, 6.45) is 0. The summed E-state index contributed by atoms with van der Waals surface area (Å²) in [7, 11) is 1.52. The molecule has 4 rings (SSSR count). The minimum absolute atomic E-state index is 0.0668. The number of ether oxygens (including phenoxy) is 3. The highest BCUT2D eigenvalue weighted by molar-refractivity contribution is 6.27. The number of rotatable bonds is 7. The number of alkyl halides is 1. The van der Waals surface area contributed by atoms with Crippen LogP contribution < -0.4 is 4.74 Å². The number of Topliss-reactive ketones (excluding diaryl/α,β-unsaturated/α-hetero) is 2. The number of methoxy groups -OCH3 is 1. The molecule has 0 saturated carbocycles. The van der Waals surface area contributed by atoms with Gasteiger partial charge in [0.1, 0.15) is 17.8 Å². The van der Waals surface area contributed by atoms with Crippen LogP contribution in [0.4, 0.5) is 0 Å². The van der Waals surface area contributed by atoms with E-state index in [4.69, 9.17) is 25.8 Å². The zero-order valence-electron chi connectivity index (χ0n) is 13.7. The summed E-state index contributed by atoms with van der Waals surface area (Å²) in [4.78, 5) is 29.9. The molecule has 1 aliphatic carbocycles. The molecule has 3 heterocycles. The van der Waals surface area contributed by atoms with Crippen molar-refractivity contribution in [3.05, 3.63) is 28.7 Å². The molecular formula is C17H15ClN2O5. The van der Waals surface area contributed by atoms with Crippen LogP contribution in [-0.4, -0.2) is 53.8 Å². The standard InChI is InChI=1S/C17H15ClN2O5/c1-8-14(21)13-9(15(22)16(8)25-6-5-24-4-3-18)7-10-11-12(19-11)17(23-2)20(10)13/h7H,3-6H2,1-2H3. The summed E-state index contributed by atoms with van der Waals surface area (Å²) in [5.74, 6) is 0.371. The van der Waals surface area contributed by atoms with Crippen LogP contribution in [0.1, 0.15) is 27.8 Å². The Bertz CT molecular complexity index is 1010. The second kappa shape index (κ2) is 5.86. The molecule has 0 aromatic carbocycles. The fourth-order valence-corrected chi connectivity index (χ4v) is 3.21. The van der Waals surface area contributed by atoms with E-state index in [0.717, 1.165) is 11.0 Å². The number of hydrogen-bond acceptors (Lipinski definition) is 6. The smallest absolute Gasteiger partial charge is 0.230 e. The number of aromatic nitrogens is 2. The molecule has 7 nitrogen and oxygen atoms in total. The Hall–Kier alpha value is -2.38. The van der Waals surface area contributed by atoms with Gasteiger partial charge < -0.3 is 14.2 Å². The molecule has 0 atom stereocenters. The first-order valence-electron chi connectivity index (χ1n) is 7.80. The van der Waals surface area contributed by atoms with Crippen molar-refractivity contribution >= 4 is 39.7 Å². The molecule has 0 fully saturated rings. The van der Waals surface area contributed by atoms with Crippen molar-refractivity contribution in [1.29, 1.82) is 0 Å². The summed E-state index contributed by atoms with van der Waals surface area (Å²) in [5.41, 5.74) is 3.10. The van der Waals surface area contributed by atoms with Crippen molar-refractivity contribution in [2.75, 3.05) is 32.8 Å². The third kappa shape index (κ3) is 2.26. The van der Waals surface area contributed by atoms with Crippen molar-refractivity contribution < 1.29 is 23.8 Å². The second-order valence-electron chi connectivity index (χ2n) is 5.71. The van der Waals surface area contributed by atoms with E-state index in [-0.39, 0.29) is 29.5 Å². The number of fused-ring (bicyclic) bond motifs is 5. The number of halogens is 1. The molecule has 0 radical (unpaired) electrons. The Labute approximate surface area is 147 Å². The molecule has 25 heavy (non-hydrogen) atoms.